The molecule has 1 amide bonds. The molecule has 0 aliphatic carbocycles. The first kappa shape index (κ1) is 16.4. The molecule has 0 saturated heterocycles. The van der Waals surface area contributed by atoms with Gasteiger partial charge in [0, 0.05) is 4.88 Å². The quantitative estimate of drug-likeness (QED) is 0.788. The number of fused-ring (bicyclic) bond motifs is 1. The average molecular weight is 344 g/mol. The SMILES string of the molecule is Cc1cc(C)c(C)c(OCC(=O)Nc2nc3sc(C)c(C)n3n2)c1. The van der Waals surface area contributed by atoms with Gasteiger partial charge in [-0.2, -0.15) is 4.98 Å². The number of aromatic nitrogens is 3. The molecule has 0 atom stereocenters. The lowest BCUT2D eigenvalue weighted by atomic mass is 10.1. The van der Waals surface area contributed by atoms with Gasteiger partial charge in [-0.05, 0) is 57.4 Å². The fraction of sp³-hybridized carbons (Fsp3) is 0.353. The average Bonchev–Trinajstić information content (AvgIpc) is 3.01. The molecule has 6 nitrogen and oxygen atoms in total. The van der Waals surface area contributed by atoms with Crippen molar-refractivity contribution in [2.24, 2.45) is 0 Å². The van der Waals surface area contributed by atoms with Crippen LogP contribution in [0.25, 0.3) is 4.96 Å². The van der Waals surface area contributed by atoms with Crippen LogP contribution in [-0.4, -0.2) is 27.1 Å². The second-order valence-corrected chi connectivity index (χ2v) is 7.10. The number of aryl methyl sites for hydroxylation is 4. The maximum atomic E-state index is 12.1. The van der Waals surface area contributed by atoms with Crippen LogP contribution in [0.3, 0.4) is 0 Å². The molecule has 0 bridgehead atoms. The summed E-state index contributed by atoms with van der Waals surface area (Å²) in [5, 5.41) is 6.99. The summed E-state index contributed by atoms with van der Waals surface area (Å²) >= 11 is 1.55. The number of hydrogen-bond acceptors (Lipinski definition) is 5. The zero-order valence-corrected chi connectivity index (χ0v) is 15.2. The van der Waals surface area contributed by atoms with Crippen molar-refractivity contribution in [3.8, 4) is 5.75 Å². The van der Waals surface area contributed by atoms with E-state index in [4.69, 9.17) is 4.74 Å². The van der Waals surface area contributed by atoms with Crippen LogP contribution in [-0.2, 0) is 4.79 Å². The summed E-state index contributed by atoms with van der Waals surface area (Å²) in [4.78, 5) is 18.3. The van der Waals surface area contributed by atoms with Gasteiger partial charge < -0.3 is 4.74 Å². The van der Waals surface area contributed by atoms with E-state index in [2.05, 4.69) is 21.5 Å². The van der Waals surface area contributed by atoms with Crippen LogP contribution in [0.1, 0.15) is 27.3 Å². The maximum absolute atomic E-state index is 12.1. The fourth-order valence-corrected chi connectivity index (χ4v) is 3.35. The Labute approximate surface area is 144 Å². The molecule has 0 aliphatic heterocycles. The standard InChI is InChI=1S/C17H20N4O2S/c1-9-6-10(2)11(3)14(7-9)23-8-15(22)18-16-19-17-21(20-16)12(4)13(5)24-17/h6-7H,8H2,1-5H3,(H,18,20,22). The highest BCUT2D eigenvalue weighted by atomic mass is 32.1. The number of amides is 1. The van der Waals surface area contributed by atoms with Crippen molar-refractivity contribution >= 4 is 28.2 Å². The highest BCUT2D eigenvalue weighted by molar-refractivity contribution is 7.17. The lowest BCUT2D eigenvalue weighted by molar-refractivity contribution is -0.118. The molecular weight excluding hydrogens is 324 g/mol. The largest absolute Gasteiger partial charge is 0.483 e. The van der Waals surface area contributed by atoms with Crippen molar-refractivity contribution in [1.82, 2.24) is 14.6 Å². The Bertz CT molecular complexity index is 926. The minimum Gasteiger partial charge on any atom is -0.483 e. The van der Waals surface area contributed by atoms with E-state index in [0.29, 0.717) is 5.95 Å². The van der Waals surface area contributed by atoms with E-state index in [0.717, 1.165) is 38.0 Å². The van der Waals surface area contributed by atoms with Gasteiger partial charge in [0.05, 0.1) is 5.69 Å². The number of anilines is 1. The van der Waals surface area contributed by atoms with Crippen molar-refractivity contribution in [3.63, 3.8) is 0 Å². The summed E-state index contributed by atoms with van der Waals surface area (Å²) in [6.45, 7) is 9.94. The molecule has 2 heterocycles. The first-order valence-corrected chi connectivity index (χ1v) is 8.50. The lowest BCUT2D eigenvalue weighted by Crippen LogP contribution is -2.21. The molecule has 2 aromatic heterocycles. The second kappa shape index (κ2) is 6.24. The highest BCUT2D eigenvalue weighted by Gasteiger charge is 2.13. The zero-order chi connectivity index (χ0) is 17.4. The van der Waals surface area contributed by atoms with Gasteiger partial charge in [-0.15, -0.1) is 5.10 Å². The van der Waals surface area contributed by atoms with E-state index in [1.807, 2.05) is 40.7 Å². The first-order chi connectivity index (χ1) is 11.3. The fourth-order valence-electron chi connectivity index (χ4n) is 2.45. The molecule has 126 valence electrons. The first-order valence-electron chi connectivity index (χ1n) is 7.68. The van der Waals surface area contributed by atoms with Crippen molar-refractivity contribution in [2.75, 3.05) is 11.9 Å². The number of nitrogens with zero attached hydrogens (tertiary/aromatic N) is 3. The van der Waals surface area contributed by atoms with Gasteiger partial charge >= 0.3 is 0 Å². The minimum atomic E-state index is -0.277. The van der Waals surface area contributed by atoms with Crippen molar-refractivity contribution in [2.45, 2.75) is 34.6 Å². The normalized spacial score (nSPS) is 11.0. The smallest absolute Gasteiger partial charge is 0.264 e. The van der Waals surface area contributed by atoms with Crippen LogP contribution in [0.5, 0.6) is 5.75 Å². The van der Waals surface area contributed by atoms with Crippen molar-refractivity contribution < 1.29 is 9.53 Å². The molecular formula is C17H20N4O2S. The number of rotatable bonds is 4. The van der Waals surface area contributed by atoms with Crippen LogP contribution in [0.4, 0.5) is 5.95 Å². The number of hydrogen-bond donors (Lipinski definition) is 1. The molecule has 24 heavy (non-hydrogen) atoms. The zero-order valence-electron chi connectivity index (χ0n) is 14.4. The molecule has 0 aliphatic rings. The summed E-state index contributed by atoms with van der Waals surface area (Å²) < 4.78 is 7.40. The molecule has 3 aromatic rings. The molecule has 0 unspecified atom stereocenters. The van der Waals surface area contributed by atoms with Gasteiger partial charge in [-0.25, -0.2) is 4.52 Å². The summed E-state index contributed by atoms with van der Waals surface area (Å²) in [6.07, 6.45) is 0. The lowest BCUT2D eigenvalue weighted by Gasteiger charge is -2.11. The Balaban J connectivity index is 1.67. The summed E-state index contributed by atoms with van der Waals surface area (Å²) in [5.74, 6) is 0.754. The Morgan fingerprint density at radius 1 is 1.25 bits per heavy atom. The van der Waals surface area contributed by atoms with E-state index in [1.54, 1.807) is 15.9 Å². The molecule has 0 saturated carbocycles. The topological polar surface area (TPSA) is 68.5 Å². The van der Waals surface area contributed by atoms with E-state index < -0.39 is 0 Å². The van der Waals surface area contributed by atoms with Gasteiger partial charge in [0.15, 0.2) is 6.61 Å². The second-order valence-electron chi connectivity index (χ2n) is 5.92. The predicted molar refractivity (Wildman–Crippen MR) is 95.1 cm³/mol. The molecule has 0 radical (unpaired) electrons. The summed E-state index contributed by atoms with van der Waals surface area (Å²) in [6, 6.07) is 4.03. The summed E-state index contributed by atoms with van der Waals surface area (Å²) in [7, 11) is 0. The van der Waals surface area contributed by atoms with Crippen LogP contribution < -0.4 is 10.1 Å². The number of carbonyl (C=O) groups is 1. The minimum absolute atomic E-state index is 0.0748. The third kappa shape index (κ3) is 3.12. The Morgan fingerprint density at radius 3 is 2.71 bits per heavy atom. The van der Waals surface area contributed by atoms with E-state index in [-0.39, 0.29) is 12.5 Å². The summed E-state index contributed by atoms with van der Waals surface area (Å²) in [5.41, 5.74) is 4.33. The van der Waals surface area contributed by atoms with E-state index in [9.17, 15) is 4.79 Å². The molecule has 1 N–H and O–H groups in total. The Morgan fingerprint density at radius 2 is 2.00 bits per heavy atom. The van der Waals surface area contributed by atoms with Crippen LogP contribution in [0.15, 0.2) is 12.1 Å². The van der Waals surface area contributed by atoms with Crippen molar-refractivity contribution in [1.29, 1.82) is 0 Å². The van der Waals surface area contributed by atoms with Gasteiger partial charge in [-0.1, -0.05) is 17.4 Å². The van der Waals surface area contributed by atoms with E-state index in [1.165, 1.54) is 0 Å². The van der Waals surface area contributed by atoms with E-state index >= 15 is 0 Å². The Hall–Kier alpha value is -2.41. The number of thiazole rings is 1. The van der Waals surface area contributed by atoms with Crippen LogP contribution >= 0.6 is 11.3 Å². The number of benzene rings is 1. The van der Waals surface area contributed by atoms with Crippen LogP contribution in [0, 0.1) is 34.6 Å². The molecule has 7 heteroatoms. The van der Waals surface area contributed by atoms with Crippen molar-refractivity contribution in [3.05, 3.63) is 39.4 Å². The molecule has 0 spiro atoms. The van der Waals surface area contributed by atoms with Gasteiger partial charge in [-0.3, -0.25) is 10.1 Å². The van der Waals surface area contributed by atoms with Gasteiger partial charge in [0.25, 0.3) is 11.9 Å². The van der Waals surface area contributed by atoms with Gasteiger partial charge in [0.1, 0.15) is 5.75 Å². The predicted octanol–water partition coefficient (Wildman–Crippen LogP) is 3.35. The maximum Gasteiger partial charge on any atom is 0.264 e. The molecule has 1 aromatic carbocycles. The molecule has 3 rings (SSSR count). The third-order valence-corrected chi connectivity index (χ3v) is 5.07. The third-order valence-electron chi connectivity index (χ3n) is 4.02. The molecule has 0 fully saturated rings. The monoisotopic (exact) mass is 344 g/mol. The van der Waals surface area contributed by atoms with Gasteiger partial charge in [0.2, 0.25) is 4.96 Å². The highest BCUT2D eigenvalue weighted by Crippen LogP contribution is 2.23. The number of nitrogens with one attached hydrogen (secondary N) is 1. The Kier molecular flexibility index (Phi) is 4.28. The van der Waals surface area contributed by atoms with Crippen LogP contribution in [0.2, 0.25) is 0 Å². The number of ether oxygens (including phenoxy) is 1. The number of carbonyl (C=O) groups excluding carboxylic acids is 1.